The summed E-state index contributed by atoms with van der Waals surface area (Å²) in [6, 6.07) is 7.01. The van der Waals surface area contributed by atoms with E-state index < -0.39 is 0 Å². The Balaban J connectivity index is 2.02. The van der Waals surface area contributed by atoms with Crippen LogP contribution in [0.25, 0.3) is 0 Å². The second-order valence-corrected chi connectivity index (χ2v) is 6.44. The molecule has 1 saturated heterocycles. The van der Waals surface area contributed by atoms with E-state index in [0.29, 0.717) is 5.92 Å². The van der Waals surface area contributed by atoms with Crippen LogP contribution < -0.4 is 5.32 Å². The minimum atomic E-state index is -0.139. The molecule has 0 aliphatic carbocycles. The summed E-state index contributed by atoms with van der Waals surface area (Å²) in [5, 5.41) is 3.58. The smallest absolute Gasteiger partial charge is 0.123 e. The molecule has 1 fully saturated rings. The van der Waals surface area contributed by atoms with Gasteiger partial charge in [0.15, 0.2) is 0 Å². The molecule has 1 aromatic rings. The van der Waals surface area contributed by atoms with Crippen LogP contribution in [-0.2, 0) is 11.2 Å². The molecule has 1 aliphatic rings. The molecule has 112 valence electrons. The SMILES string of the molecule is CC(C)CNCC1(Cc2cccc(F)c2)CCOCC1. The van der Waals surface area contributed by atoms with Crippen LogP contribution >= 0.6 is 0 Å². The fourth-order valence-electron chi connectivity index (χ4n) is 2.93. The first-order valence-corrected chi connectivity index (χ1v) is 7.63. The van der Waals surface area contributed by atoms with Crippen LogP contribution in [0.4, 0.5) is 4.39 Å². The van der Waals surface area contributed by atoms with E-state index in [4.69, 9.17) is 4.74 Å². The van der Waals surface area contributed by atoms with Gasteiger partial charge >= 0.3 is 0 Å². The maximum absolute atomic E-state index is 13.4. The van der Waals surface area contributed by atoms with E-state index in [1.54, 1.807) is 12.1 Å². The van der Waals surface area contributed by atoms with Crippen molar-refractivity contribution in [2.24, 2.45) is 11.3 Å². The molecule has 0 aromatic heterocycles. The summed E-state index contributed by atoms with van der Waals surface area (Å²) >= 11 is 0. The predicted octanol–water partition coefficient (Wildman–Crippen LogP) is 3.41. The van der Waals surface area contributed by atoms with Crippen LogP contribution in [0.1, 0.15) is 32.3 Å². The van der Waals surface area contributed by atoms with Gasteiger partial charge in [0.2, 0.25) is 0 Å². The van der Waals surface area contributed by atoms with Gasteiger partial charge in [0, 0.05) is 19.8 Å². The minimum absolute atomic E-state index is 0.139. The van der Waals surface area contributed by atoms with Crippen molar-refractivity contribution in [3.63, 3.8) is 0 Å². The summed E-state index contributed by atoms with van der Waals surface area (Å²) in [4.78, 5) is 0. The van der Waals surface area contributed by atoms with Gasteiger partial charge in [0.05, 0.1) is 0 Å². The molecule has 0 spiro atoms. The van der Waals surface area contributed by atoms with Crippen molar-refractivity contribution < 1.29 is 9.13 Å². The second-order valence-electron chi connectivity index (χ2n) is 6.44. The molecule has 0 bridgehead atoms. The van der Waals surface area contributed by atoms with Crippen LogP contribution in [0.3, 0.4) is 0 Å². The first kappa shape index (κ1) is 15.5. The largest absolute Gasteiger partial charge is 0.381 e. The predicted molar refractivity (Wildman–Crippen MR) is 80.3 cm³/mol. The molecule has 0 atom stereocenters. The molecule has 1 aromatic carbocycles. The maximum Gasteiger partial charge on any atom is 0.123 e. The van der Waals surface area contributed by atoms with E-state index in [0.717, 1.165) is 51.1 Å². The van der Waals surface area contributed by atoms with Crippen molar-refractivity contribution in [3.8, 4) is 0 Å². The van der Waals surface area contributed by atoms with Gasteiger partial charge in [0.25, 0.3) is 0 Å². The number of rotatable bonds is 6. The number of benzene rings is 1. The fraction of sp³-hybridized carbons (Fsp3) is 0.647. The van der Waals surface area contributed by atoms with E-state index in [-0.39, 0.29) is 11.2 Å². The third-order valence-corrected chi connectivity index (χ3v) is 4.07. The highest BCUT2D eigenvalue weighted by molar-refractivity contribution is 5.18. The van der Waals surface area contributed by atoms with Crippen molar-refractivity contribution in [2.45, 2.75) is 33.1 Å². The highest BCUT2D eigenvalue weighted by atomic mass is 19.1. The van der Waals surface area contributed by atoms with E-state index in [9.17, 15) is 4.39 Å². The number of nitrogens with one attached hydrogen (secondary N) is 1. The Morgan fingerprint density at radius 1 is 1.30 bits per heavy atom. The van der Waals surface area contributed by atoms with Gasteiger partial charge < -0.3 is 10.1 Å². The van der Waals surface area contributed by atoms with Gasteiger partial charge in [-0.1, -0.05) is 26.0 Å². The molecular weight excluding hydrogens is 253 g/mol. The van der Waals surface area contributed by atoms with Gasteiger partial charge in [-0.15, -0.1) is 0 Å². The van der Waals surface area contributed by atoms with Crippen molar-refractivity contribution in [1.82, 2.24) is 5.32 Å². The average molecular weight is 279 g/mol. The number of ether oxygens (including phenoxy) is 1. The van der Waals surface area contributed by atoms with E-state index >= 15 is 0 Å². The van der Waals surface area contributed by atoms with Crippen molar-refractivity contribution in [2.75, 3.05) is 26.3 Å². The summed E-state index contributed by atoms with van der Waals surface area (Å²) in [6.07, 6.45) is 3.03. The van der Waals surface area contributed by atoms with Crippen molar-refractivity contribution >= 4 is 0 Å². The van der Waals surface area contributed by atoms with Gasteiger partial charge in [-0.3, -0.25) is 0 Å². The van der Waals surface area contributed by atoms with Gasteiger partial charge in [0.1, 0.15) is 5.82 Å². The zero-order chi connectivity index (χ0) is 14.4. The van der Waals surface area contributed by atoms with E-state index in [1.807, 2.05) is 6.07 Å². The highest BCUT2D eigenvalue weighted by Gasteiger charge is 2.32. The average Bonchev–Trinajstić information content (AvgIpc) is 2.39. The molecule has 3 heteroatoms. The monoisotopic (exact) mass is 279 g/mol. The molecular formula is C17H26FNO. The van der Waals surface area contributed by atoms with Crippen LogP contribution in [0, 0.1) is 17.2 Å². The highest BCUT2D eigenvalue weighted by Crippen LogP contribution is 2.34. The lowest BCUT2D eigenvalue weighted by molar-refractivity contribution is 0.0147. The normalized spacial score (nSPS) is 18.4. The third kappa shape index (κ3) is 4.57. The fourth-order valence-corrected chi connectivity index (χ4v) is 2.93. The molecule has 0 unspecified atom stereocenters. The third-order valence-electron chi connectivity index (χ3n) is 4.07. The molecule has 0 saturated carbocycles. The molecule has 1 aliphatic heterocycles. The summed E-state index contributed by atoms with van der Waals surface area (Å²) in [5.41, 5.74) is 1.30. The number of halogens is 1. The Hall–Kier alpha value is -0.930. The zero-order valence-electron chi connectivity index (χ0n) is 12.6. The van der Waals surface area contributed by atoms with Crippen LogP contribution in [-0.4, -0.2) is 26.3 Å². The lowest BCUT2D eigenvalue weighted by Crippen LogP contribution is -2.41. The van der Waals surface area contributed by atoms with Crippen LogP contribution in [0.15, 0.2) is 24.3 Å². The molecule has 1 heterocycles. The Labute approximate surface area is 121 Å². The summed E-state index contributed by atoms with van der Waals surface area (Å²) in [7, 11) is 0. The number of hydrogen-bond donors (Lipinski definition) is 1. The molecule has 0 amide bonds. The molecule has 2 rings (SSSR count). The maximum atomic E-state index is 13.4. The van der Waals surface area contributed by atoms with E-state index in [2.05, 4.69) is 19.2 Å². The van der Waals surface area contributed by atoms with Gasteiger partial charge in [-0.05, 0) is 54.8 Å². The lowest BCUT2D eigenvalue weighted by atomic mass is 9.75. The number of hydrogen-bond acceptors (Lipinski definition) is 2. The lowest BCUT2D eigenvalue weighted by Gasteiger charge is -2.38. The first-order chi connectivity index (χ1) is 9.60. The Morgan fingerprint density at radius 3 is 2.70 bits per heavy atom. The van der Waals surface area contributed by atoms with Gasteiger partial charge in [-0.25, -0.2) is 4.39 Å². The molecule has 1 N–H and O–H groups in total. The standard InChI is InChI=1S/C17H26FNO/c1-14(2)12-19-13-17(6-8-20-9-7-17)11-15-4-3-5-16(18)10-15/h3-5,10,14,19H,6-9,11-13H2,1-2H3. The molecule has 20 heavy (non-hydrogen) atoms. The topological polar surface area (TPSA) is 21.3 Å². The molecule has 0 radical (unpaired) electrons. The Bertz CT molecular complexity index is 413. The van der Waals surface area contributed by atoms with Crippen LogP contribution in [0.5, 0.6) is 0 Å². The summed E-state index contributed by atoms with van der Waals surface area (Å²) < 4.78 is 18.9. The quantitative estimate of drug-likeness (QED) is 0.861. The zero-order valence-corrected chi connectivity index (χ0v) is 12.6. The summed E-state index contributed by atoms with van der Waals surface area (Å²) in [6.45, 7) is 8.10. The Morgan fingerprint density at radius 2 is 2.05 bits per heavy atom. The van der Waals surface area contributed by atoms with Gasteiger partial charge in [-0.2, -0.15) is 0 Å². The molecule has 2 nitrogen and oxygen atoms in total. The van der Waals surface area contributed by atoms with Crippen molar-refractivity contribution in [3.05, 3.63) is 35.6 Å². The Kier molecular flexibility index (Phi) is 5.55. The van der Waals surface area contributed by atoms with Crippen molar-refractivity contribution in [1.29, 1.82) is 0 Å². The minimum Gasteiger partial charge on any atom is -0.381 e. The second kappa shape index (κ2) is 7.19. The first-order valence-electron chi connectivity index (χ1n) is 7.63. The summed E-state index contributed by atoms with van der Waals surface area (Å²) in [5.74, 6) is 0.515. The van der Waals surface area contributed by atoms with E-state index in [1.165, 1.54) is 6.07 Å². The van der Waals surface area contributed by atoms with Crippen LogP contribution in [0.2, 0.25) is 0 Å².